The number of benzene rings is 1. The van der Waals surface area contributed by atoms with Crippen molar-refractivity contribution < 1.29 is 0 Å². The molecular formula is C22H29N5. The smallest absolute Gasteiger partial charge is 0.132 e. The van der Waals surface area contributed by atoms with Crippen molar-refractivity contribution in [2.24, 2.45) is 0 Å². The van der Waals surface area contributed by atoms with Crippen LogP contribution < -0.4 is 10.6 Å². The van der Waals surface area contributed by atoms with E-state index >= 15 is 0 Å². The van der Waals surface area contributed by atoms with Gasteiger partial charge < -0.3 is 15.6 Å². The Balaban J connectivity index is 1.37. The maximum absolute atomic E-state index is 4.59. The van der Waals surface area contributed by atoms with E-state index in [1.807, 2.05) is 13.0 Å². The maximum Gasteiger partial charge on any atom is 0.132 e. The van der Waals surface area contributed by atoms with Gasteiger partial charge in [-0.05, 0) is 37.8 Å². The Kier molecular flexibility index (Phi) is 5.56. The normalized spacial score (nSPS) is 15.6. The summed E-state index contributed by atoms with van der Waals surface area (Å²) in [6.45, 7) is 2.81. The van der Waals surface area contributed by atoms with Gasteiger partial charge in [0.2, 0.25) is 0 Å². The highest BCUT2D eigenvalue weighted by Gasteiger charge is 2.13. The van der Waals surface area contributed by atoms with E-state index in [0.717, 1.165) is 30.4 Å². The highest BCUT2D eigenvalue weighted by Crippen LogP contribution is 2.22. The zero-order chi connectivity index (χ0) is 18.5. The fourth-order valence-corrected chi connectivity index (χ4v) is 4.03. The number of para-hydroxylation sites is 1. The van der Waals surface area contributed by atoms with Crippen molar-refractivity contribution in [1.29, 1.82) is 0 Å². The van der Waals surface area contributed by atoms with E-state index in [4.69, 9.17) is 0 Å². The molecule has 0 saturated heterocycles. The summed E-state index contributed by atoms with van der Waals surface area (Å²) in [7, 11) is 0. The van der Waals surface area contributed by atoms with Gasteiger partial charge in [0.05, 0.1) is 0 Å². The molecule has 0 spiro atoms. The molecule has 4 rings (SSSR count). The van der Waals surface area contributed by atoms with Crippen LogP contribution in [-0.2, 0) is 6.42 Å². The zero-order valence-electron chi connectivity index (χ0n) is 16.1. The lowest BCUT2D eigenvalue weighted by Crippen LogP contribution is -2.19. The third-order valence-corrected chi connectivity index (χ3v) is 5.42. The van der Waals surface area contributed by atoms with Crippen molar-refractivity contribution in [1.82, 2.24) is 15.0 Å². The SMILES string of the molecule is Cc1nc(NCCc2c[nH]c3ccccc23)cc(NC2CCCCCC2)n1. The van der Waals surface area contributed by atoms with Gasteiger partial charge in [0.25, 0.3) is 0 Å². The number of anilines is 2. The highest BCUT2D eigenvalue weighted by molar-refractivity contribution is 5.83. The van der Waals surface area contributed by atoms with E-state index in [-0.39, 0.29) is 0 Å². The second kappa shape index (κ2) is 8.42. The van der Waals surface area contributed by atoms with Crippen LogP contribution in [0.1, 0.15) is 49.9 Å². The summed E-state index contributed by atoms with van der Waals surface area (Å²) < 4.78 is 0. The summed E-state index contributed by atoms with van der Waals surface area (Å²) >= 11 is 0. The number of aromatic nitrogens is 3. The standard InChI is InChI=1S/C22H29N5/c1-16-25-21(14-22(26-16)27-18-8-4-2-3-5-9-18)23-13-12-17-15-24-20-11-7-6-10-19(17)20/h6-7,10-11,14-15,18,24H,2-5,8-9,12-13H2,1H3,(H2,23,25,26,27). The molecule has 1 aliphatic rings. The van der Waals surface area contributed by atoms with Crippen LogP contribution in [0.2, 0.25) is 0 Å². The van der Waals surface area contributed by atoms with Gasteiger partial charge >= 0.3 is 0 Å². The van der Waals surface area contributed by atoms with E-state index in [9.17, 15) is 0 Å². The van der Waals surface area contributed by atoms with Crippen molar-refractivity contribution in [3.8, 4) is 0 Å². The van der Waals surface area contributed by atoms with Crippen LogP contribution in [0.3, 0.4) is 0 Å². The van der Waals surface area contributed by atoms with Crippen molar-refractivity contribution >= 4 is 22.5 Å². The van der Waals surface area contributed by atoms with Crippen LogP contribution >= 0.6 is 0 Å². The average Bonchev–Trinajstić information content (AvgIpc) is 2.89. The molecule has 3 aromatic rings. The van der Waals surface area contributed by atoms with Gasteiger partial charge in [-0.3, -0.25) is 0 Å². The molecule has 142 valence electrons. The molecule has 0 radical (unpaired) electrons. The summed E-state index contributed by atoms with van der Waals surface area (Å²) in [5, 5.41) is 8.41. The number of H-pyrrole nitrogens is 1. The first-order valence-corrected chi connectivity index (χ1v) is 10.2. The van der Waals surface area contributed by atoms with E-state index in [1.165, 1.54) is 55.0 Å². The Hall–Kier alpha value is -2.56. The van der Waals surface area contributed by atoms with E-state index in [2.05, 4.69) is 56.0 Å². The van der Waals surface area contributed by atoms with Crippen LogP contribution in [0, 0.1) is 6.92 Å². The number of aromatic amines is 1. The first kappa shape index (κ1) is 17.8. The van der Waals surface area contributed by atoms with Gasteiger partial charge in [-0.15, -0.1) is 0 Å². The average molecular weight is 364 g/mol. The zero-order valence-corrected chi connectivity index (χ0v) is 16.1. The number of nitrogens with one attached hydrogen (secondary N) is 3. The number of hydrogen-bond acceptors (Lipinski definition) is 4. The Morgan fingerprint density at radius 2 is 1.81 bits per heavy atom. The number of hydrogen-bond donors (Lipinski definition) is 3. The lowest BCUT2D eigenvalue weighted by atomic mass is 10.1. The maximum atomic E-state index is 4.59. The fraction of sp³-hybridized carbons (Fsp3) is 0.455. The Labute approximate surface area is 161 Å². The molecule has 1 aromatic carbocycles. The van der Waals surface area contributed by atoms with Crippen LogP contribution in [0.15, 0.2) is 36.5 Å². The first-order chi connectivity index (χ1) is 13.3. The van der Waals surface area contributed by atoms with Gasteiger partial charge in [0.15, 0.2) is 0 Å². The summed E-state index contributed by atoms with van der Waals surface area (Å²) in [6.07, 6.45) is 10.9. The molecule has 0 aliphatic heterocycles. The molecule has 0 unspecified atom stereocenters. The molecule has 27 heavy (non-hydrogen) atoms. The van der Waals surface area contributed by atoms with Crippen LogP contribution in [-0.4, -0.2) is 27.5 Å². The lowest BCUT2D eigenvalue weighted by Gasteiger charge is -2.18. The summed E-state index contributed by atoms with van der Waals surface area (Å²) in [4.78, 5) is 12.5. The van der Waals surface area contributed by atoms with Gasteiger partial charge in [0, 0.05) is 35.8 Å². The van der Waals surface area contributed by atoms with Gasteiger partial charge in [-0.1, -0.05) is 43.9 Å². The molecule has 5 nitrogen and oxygen atoms in total. The summed E-state index contributed by atoms with van der Waals surface area (Å²) in [6, 6.07) is 11.0. The third kappa shape index (κ3) is 4.59. The minimum atomic E-state index is 0.542. The molecule has 2 heterocycles. The second-order valence-corrected chi connectivity index (χ2v) is 7.55. The number of rotatable bonds is 6. The quantitative estimate of drug-likeness (QED) is 0.536. The van der Waals surface area contributed by atoms with Gasteiger partial charge in [-0.25, -0.2) is 9.97 Å². The summed E-state index contributed by atoms with van der Waals surface area (Å²) in [5.41, 5.74) is 2.53. The Morgan fingerprint density at radius 1 is 1.04 bits per heavy atom. The van der Waals surface area contributed by atoms with Crippen LogP contribution in [0.4, 0.5) is 11.6 Å². The third-order valence-electron chi connectivity index (χ3n) is 5.42. The van der Waals surface area contributed by atoms with E-state index in [0.29, 0.717) is 6.04 Å². The van der Waals surface area contributed by atoms with Crippen molar-refractivity contribution in [3.05, 3.63) is 47.9 Å². The van der Waals surface area contributed by atoms with Gasteiger partial charge in [0.1, 0.15) is 17.5 Å². The largest absolute Gasteiger partial charge is 0.370 e. The van der Waals surface area contributed by atoms with Crippen molar-refractivity contribution in [2.75, 3.05) is 17.2 Å². The lowest BCUT2D eigenvalue weighted by molar-refractivity contribution is 0.617. The van der Waals surface area contributed by atoms with Crippen LogP contribution in [0.25, 0.3) is 10.9 Å². The predicted octanol–water partition coefficient (Wildman–Crippen LogP) is 5.06. The van der Waals surface area contributed by atoms with Crippen LogP contribution in [0.5, 0.6) is 0 Å². The fourth-order valence-electron chi connectivity index (χ4n) is 4.03. The topological polar surface area (TPSA) is 65.6 Å². The number of aryl methyl sites for hydroxylation is 1. The number of nitrogens with zero attached hydrogens (tertiary/aromatic N) is 2. The number of fused-ring (bicyclic) bond motifs is 1. The Bertz CT molecular complexity index is 877. The summed E-state index contributed by atoms with van der Waals surface area (Å²) in [5.74, 6) is 2.66. The molecule has 0 atom stereocenters. The predicted molar refractivity (Wildman–Crippen MR) is 112 cm³/mol. The first-order valence-electron chi connectivity index (χ1n) is 10.2. The Morgan fingerprint density at radius 3 is 2.67 bits per heavy atom. The van der Waals surface area contributed by atoms with E-state index < -0.39 is 0 Å². The molecule has 2 aromatic heterocycles. The second-order valence-electron chi connectivity index (χ2n) is 7.55. The molecule has 0 amide bonds. The van der Waals surface area contributed by atoms with Crippen molar-refractivity contribution in [3.63, 3.8) is 0 Å². The minimum absolute atomic E-state index is 0.542. The molecular weight excluding hydrogens is 334 g/mol. The van der Waals surface area contributed by atoms with E-state index in [1.54, 1.807) is 0 Å². The molecule has 5 heteroatoms. The molecule has 1 fully saturated rings. The highest BCUT2D eigenvalue weighted by atomic mass is 15.1. The van der Waals surface area contributed by atoms with Crippen molar-refractivity contribution in [2.45, 2.75) is 57.9 Å². The monoisotopic (exact) mass is 363 g/mol. The molecule has 1 saturated carbocycles. The molecule has 1 aliphatic carbocycles. The minimum Gasteiger partial charge on any atom is -0.370 e. The van der Waals surface area contributed by atoms with Gasteiger partial charge in [-0.2, -0.15) is 0 Å². The molecule has 0 bridgehead atoms. The molecule has 3 N–H and O–H groups in total.